The highest BCUT2D eigenvalue weighted by molar-refractivity contribution is 5.69. The molecule has 1 fully saturated rings. The third-order valence-corrected chi connectivity index (χ3v) is 4.12. The van der Waals surface area contributed by atoms with Gasteiger partial charge in [-0.15, -0.1) is 0 Å². The quantitative estimate of drug-likeness (QED) is 0.755. The Labute approximate surface area is 173 Å². The molecule has 0 bridgehead atoms. The van der Waals surface area contributed by atoms with E-state index in [4.69, 9.17) is 20.5 Å². The number of benzene rings is 1. The molecule has 30 heavy (non-hydrogen) atoms. The van der Waals surface area contributed by atoms with E-state index in [-0.39, 0.29) is 37.6 Å². The number of nitriles is 3. The van der Waals surface area contributed by atoms with Gasteiger partial charge >= 0.3 is 6.09 Å². The molecule has 1 N–H and O–H groups in total. The summed E-state index contributed by atoms with van der Waals surface area (Å²) in [6.45, 7) is 6.15. The Balaban J connectivity index is 2.15. The second-order valence-corrected chi connectivity index (χ2v) is 7.45. The summed E-state index contributed by atoms with van der Waals surface area (Å²) in [6.07, 6.45) is -0.482. The van der Waals surface area contributed by atoms with Gasteiger partial charge in [-0.25, -0.2) is 13.6 Å². The predicted molar refractivity (Wildman–Crippen MR) is 104 cm³/mol. The lowest BCUT2D eigenvalue weighted by atomic mass is 10.2. The molecule has 0 aromatic heterocycles. The molecule has 1 aliphatic heterocycles. The Morgan fingerprint density at radius 3 is 2.00 bits per heavy atom. The van der Waals surface area contributed by atoms with Crippen LogP contribution in [0.25, 0.3) is 0 Å². The molecule has 1 aromatic carbocycles. The van der Waals surface area contributed by atoms with E-state index in [0.29, 0.717) is 0 Å². The van der Waals surface area contributed by atoms with Crippen LogP contribution in [0.15, 0.2) is 23.4 Å². The number of piperazine rings is 1. The molecule has 1 aromatic rings. The Morgan fingerprint density at radius 1 is 1.03 bits per heavy atom. The molecule has 8 nitrogen and oxygen atoms in total. The van der Waals surface area contributed by atoms with Crippen molar-refractivity contribution in [1.29, 1.82) is 15.8 Å². The van der Waals surface area contributed by atoms with Crippen LogP contribution in [0.2, 0.25) is 0 Å². The maximum Gasteiger partial charge on any atom is 0.410 e. The molecule has 156 valence electrons. The summed E-state index contributed by atoms with van der Waals surface area (Å²) in [4.78, 5) is 15.1. The zero-order chi connectivity index (χ0) is 22.5. The van der Waals surface area contributed by atoms with Crippen molar-refractivity contribution in [2.75, 3.05) is 36.4 Å². The van der Waals surface area contributed by atoms with Crippen molar-refractivity contribution in [3.05, 3.63) is 35.0 Å². The molecule has 0 atom stereocenters. The molecule has 0 unspecified atom stereocenters. The molecule has 1 aliphatic rings. The van der Waals surface area contributed by atoms with Crippen molar-refractivity contribution in [1.82, 2.24) is 4.90 Å². The summed E-state index contributed by atoms with van der Waals surface area (Å²) in [5.74, 6) is -1.76. The number of halogens is 2. The number of carbonyl (C=O) groups excluding carboxylic acids is 1. The highest BCUT2D eigenvalue weighted by Gasteiger charge is 2.28. The van der Waals surface area contributed by atoms with E-state index >= 15 is 0 Å². The van der Waals surface area contributed by atoms with Crippen LogP contribution in [0.5, 0.6) is 0 Å². The lowest BCUT2D eigenvalue weighted by Gasteiger charge is -2.37. The SMILES string of the molecule is CC(C)(C)OC(=O)N1CCN(c2c(F)cc(NC(C#N)=C(C#N)C#N)cc2F)CC1. The molecule has 0 spiro atoms. The molecule has 0 saturated carbocycles. The lowest BCUT2D eigenvalue weighted by molar-refractivity contribution is 0.0240. The van der Waals surface area contributed by atoms with E-state index in [0.717, 1.165) is 12.1 Å². The standard InChI is InChI=1S/C20H20F2N6O2/c1-20(2,3)30-19(29)28-6-4-27(5-7-28)18-15(21)8-14(9-16(18)22)26-17(12-25)13(10-23)11-24/h8-9,26H,4-7H2,1-3H3. The van der Waals surface area contributed by atoms with Gasteiger partial charge in [-0.3, -0.25) is 0 Å². The van der Waals surface area contributed by atoms with Crippen molar-refractivity contribution >= 4 is 17.5 Å². The third kappa shape index (κ3) is 5.36. The smallest absolute Gasteiger partial charge is 0.410 e. The van der Waals surface area contributed by atoms with Gasteiger partial charge in [0, 0.05) is 31.9 Å². The van der Waals surface area contributed by atoms with Crippen LogP contribution in [0.3, 0.4) is 0 Å². The minimum absolute atomic E-state index is 0.110. The second-order valence-electron chi connectivity index (χ2n) is 7.45. The first-order valence-electron chi connectivity index (χ1n) is 9.03. The first-order valence-corrected chi connectivity index (χ1v) is 9.03. The minimum atomic E-state index is -0.879. The molecule has 1 heterocycles. The van der Waals surface area contributed by atoms with Gasteiger partial charge in [0.1, 0.15) is 35.2 Å². The van der Waals surface area contributed by atoms with E-state index < -0.39 is 34.6 Å². The fraction of sp³-hybridized carbons (Fsp3) is 0.400. The van der Waals surface area contributed by atoms with Gasteiger partial charge in [0.25, 0.3) is 0 Å². The fourth-order valence-corrected chi connectivity index (χ4v) is 2.81. The number of amides is 1. The third-order valence-electron chi connectivity index (χ3n) is 4.12. The molecule has 1 saturated heterocycles. The fourth-order valence-electron chi connectivity index (χ4n) is 2.81. The van der Waals surface area contributed by atoms with Gasteiger partial charge in [0.15, 0.2) is 17.2 Å². The summed E-state index contributed by atoms with van der Waals surface area (Å²) in [5.41, 5.74) is -1.91. The Morgan fingerprint density at radius 2 is 1.57 bits per heavy atom. The van der Waals surface area contributed by atoms with Crippen LogP contribution in [0.4, 0.5) is 25.0 Å². The Hall–Kier alpha value is -3.84. The number of carbonyl (C=O) groups is 1. The monoisotopic (exact) mass is 414 g/mol. The van der Waals surface area contributed by atoms with Crippen LogP contribution >= 0.6 is 0 Å². The second kappa shape index (κ2) is 9.11. The molecular weight excluding hydrogens is 394 g/mol. The Bertz CT molecular complexity index is 948. The van der Waals surface area contributed by atoms with Crippen molar-refractivity contribution in [2.45, 2.75) is 26.4 Å². The van der Waals surface area contributed by atoms with Crippen LogP contribution < -0.4 is 10.2 Å². The van der Waals surface area contributed by atoms with Gasteiger partial charge in [-0.05, 0) is 32.9 Å². The summed E-state index contributed by atoms with van der Waals surface area (Å²) in [7, 11) is 0. The van der Waals surface area contributed by atoms with E-state index in [1.165, 1.54) is 21.9 Å². The highest BCUT2D eigenvalue weighted by Crippen LogP contribution is 2.29. The highest BCUT2D eigenvalue weighted by atomic mass is 19.1. The summed E-state index contributed by atoms with van der Waals surface area (Å²) < 4.78 is 34.6. The average molecular weight is 414 g/mol. The van der Waals surface area contributed by atoms with Crippen LogP contribution in [-0.4, -0.2) is 42.8 Å². The average Bonchev–Trinajstić information content (AvgIpc) is 2.66. The van der Waals surface area contributed by atoms with Gasteiger partial charge in [0.05, 0.1) is 0 Å². The van der Waals surface area contributed by atoms with Gasteiger partial charge in [-0.1, -0.05) is 0 Å². The topological polar surface area (TPSA) is 116 Å². The first-order chi connectivity index (χ1) is 14.1. The van der Waals surface area contributed by atoms with Gasteiger partial charge < -0.3 is 19.9 Å². The largest absolute Gasteiger partial charge is 0.444 e. The number of hydrogen-bond acceptors (Lipinski definition) is 7. The van der Waals surface area contributed by atoms with Crippen LogP contribution in [0, 0.1) is 45.6 Å². The summed E-state index contributed by atoms with van der Waals surface area (Å²) >= 11 is 0. The molecule has 0 radical (unpaired) electrons. The van der Waals surface area contributed by atoms with E-state index in [9.17, 15) is 13.6 Å². The van der Waals surface area contributed by atoms with Crippen LogP contribution in [-0.2, 0) is 4.74 Å². The summed E-state index contributed by atoms with van der Waals surface area (Å²) in [5, 5.41) is 29.1. The normalized spacial score (nSPS) is 13.5. The van der Waals surface area contributed by atoms with E-state index in [1.54, 1.807) is 26.8 Å². The zero-order valence-electron chi connectivity index (χ0n) is 16.8. The number of hydrogen-bond donors (Lipinski definition) is 1. The first kappa shape index (κ1) is 22.4. The maximum absolute atomic E-state index is 14.6. The molecule has 10 heteroatoms. The molecule has 2 rings (SSSR count). The van der Waals surface area contributed by atoms with E-state index in [1.807, 2.05) is 0 Å². The number of allylic oxidation sites excluding steroid dienone is 2. The van der Waals surface area contributed by atoms with Crippen molar-refractivity contribution in [2.24, 2.45) is 0 Å². The molecule has 1 amide bonds. The van der Waals surface area contributed by atoms with Crippen molar-refractivity contribution < 1.29 is 18.3 Å². The van der Waals surface area contributed by atoms with Gasteiger partial charge in [0.2, 0.25) is 0 Å². The number of ether oxygens (including phenoxy) is 1. The van der Waals surface area contributed by atoms with Gasteiger partial charge in [-0.2, -0.15) is 15.8 Å². The van der Waals surface area contributed by atoms with Crippen LogP contribution in [0.1, 0.15) is 20.8 Å². The number of anilines is 2. The van der Waals surface area contributed by atoms with E-state index in [2.05, 4.69) is 5.32 Å². The van der Waals surface area contributed by atoms with Crippen molar-refractivity contribution in [3.8, 4) is 18.2 Å². The lowest BCUT2D eigenvalue weighted by Crippen LogP contribution is -2.50. The molecule has 0 aliphatic carbocycles. The number of nitrogens with one attached hydrogen (secondary N) is 1. The maximum atomic E-state index is 14.6. The van der Waals surface area contributed by atoms with Crippen molar-refractivity contribution in [3.63, 3.8) is 0 Å². The molecular formula is C20H20F2N6O2. The number of nitrogens with zero attached hydrogens (tertiary/aromatic N) is 5. The number of rotatable bonds is 3. The minimum Gasteiger partial charge on any atom is -0.444 e. The predicted octanol–water partition coefficient (Wildman–Crippen LogP) is 3.26. The summed E-state index contributed by atoms with van der Waals surface area (Å²) in [6, 6.07) is 6.64. The zero-order valence-corrected chi connectivity index (χ0v) is 16.8. The Kier molecular flexibility index (Phi) is 6.81.